The third-order valence-corrected chi connectivity index (χ3v) is 6.04. The topological polar surface area (TPSA) is 113 Å². The van der Waals surface area contributed by atoms with Crippen molar-refractivity contribution in [2.75, 3.05) is 12.4 Å². The number of carboxylic acids is 1. The van der Waals surface area contributed by atoms with Gasteiger partial charge in [0.1, 0.15) is 23.7 Å². The van der Waals surface area contributed by atoms with Crippen LogP contribution in [-0.4, -0.2) is 57.5 Å². The number of hydrogen-bond donors (Lipinski definition) is 2. The highest BCUT2D eigenvalue weighted by atomic mass is 32.2. The van der Waals surface area contributed by atoms with Crippen molar-refractivity contribution in [1.29, 1.82) is 0 Å². The molecular formula is C22H22N2O6S. The average Bonchev–Trinajstić information content (AvgIpc) is 2.76. The first-order valence-corrected chi connectivity index (χ1v) is 10.7. The first-order valence-electron chi connectivity index (χ1n) is 9.61. The largest absolute Gasteiger partial charge is 0.477 e. The monoisotopic (exact) mass is 442 g/mol. The molecule has 0 bridgehead atoms. The van der Waals surface area contributed by atoms with Gasteiger partial charge in [-0.2, -0.15) is 0 Å². The molecule has 8 nitrogen and oxygen atoms in total. The summed E-state index contributed by atoms with van der Waals surface area (Å²) in [6.45, 7) is 1.58. The number of aliphatic carboxylic acids is 1. The van der Waals surface area contributed by atoms with Crippen LogP contribution in [0, 0.1) is 0 Å². The molecule has 3 rings (SSSR count). The highest BCUT2D eigenvalue weighted by Gasteiger charge is 2.54. The van der Waals surface area contributed by atoms with Crippen molar-refractivity contribution in [3.63, 3.8) is 0 Å². The number of carbonyl (C=O) groups excluding carboxylic acids is 3. The maximum atomic E-state index is 12.6. The minimum Gasteiger partial charge on any atom is -0.477 e. The van der Waals surface area contributed by atoms with E-state index in [0.717, 1.165) is 10.5 Å². The second-order valence-corrected chi connectivity index (χ2v) is 7.97. The molecule has 0 aromatic heterocycles. The van der Waals surface area contributed by atoms with Crippen molar-refractivity contribution >= 4 is 35.5 Å². The smallest absolute Gasteiger partial charge is 0.352 e. The number of hydrogen-bond acceptors (Lipinski definition) is 6. The number of fused-ring (bicyclic) bond motifs is 1. The van der Waals surface area contributed by atoms with Gasteiger partial charge < -0.3 is 15.2 Å². The number of amides is 2. The number of β-lactam (4-membered cyclic amide) rings is 1. The molecule has 2 aliphatic rings. The number of nitrogens with one attached hydrogen (secondary N) is 1. The Morgan fingerprint density at radius 1 is 1.26 bits per heavy atom. The highest BCUT2D eigenvalue weighted by Crippen LogP contribution is 2.40. The molecule has 0 radical (unpaired) electrons. The van der Waals surface area contributed by atoms with Crippen molar-refractivity contribution in [2.24, 2.45) is 0 Å². The quantitative estimate of drug-likeness (QED) is 0.272. The fourth-order valence-corrected chi connectivity index (χ4v) is 4.58. The number of esters is 1. The maximum Gasteiger partial charge on any atom is 0.352 e. The van der Waals surface area contributed by atoms with Gasteiger partial charge in [0.2, 0.25) is 5.91 Å². The van der Waals surface area contributed by atoms with Crippen molar-refractivity contribution in [1.82, 2.24) is 10.2 Å². The Labute approximate surface area is 183 Å². The van der Waals surface area contributed by atoms with E-state index in [1.54, 1.807) is 19.1 Å². The summed E-state index contributed by atoms with van der Waals surface area (Å²) >= 11 is 1.32. The molecule has 0 spiro atoms. The van der Waals surface area contributed by atoms with E-state index >= 15 is 0 Å². The molecule has 31 heavy (non-hydrogen) atoms. The fourth-order valence-electron chi connectivity index (χ4n) is 3.25. The average molecular weight is 442 g/mol. The van der Waals surface area contributed by atoms with Crippen LogP contribution in [-0.2, 0) is 30.3 Å². The maximum absolute atomic E-state index is 12.6. The number of benzene rings is 1. The van der Waals surface area contributed by atoms with Gasteiger partial charge >= 0.3 is 11.9 Å². The third kappa shape index (κ3) is 5.24. The van der Waals surface area contributed by atoms with E-state index in [0.29, 0.717) is 5.57 Å². The highest BCUT2D eigenvalue weighted by molar-refractivity contribution is 8.00. The molecule has 0 aliphatic carbocycles. The van der Waals surface area contributed by atoms with Gasteiger partial charge in [0.05, 0.1) is 6.42 Å². The zero-order valence-electron chi connectivity index (χ0n) is 16.8. The van der Waals surface area contributed by atoms with Crippen molar-refractivity contribution in [3.8, 4) is 0 Å². The van der Waals surface area contributed by atoms with E-state index in [1.165, 1.54) is 23.9 Å². The summed E-state index contributed by atoms with van der Waals surface area (Å²) in [5, 5.41) is 11.8. The Bertz CT molecular complexity index is 969. The number of ether oxygens (including phenoxy) is 1. The lowest BCUT2D eigenvalue weighted by molar-refractivity contribution is -0.150. The molecule has 2 atom stereocenters. The van der Waals surface area contributed by atoms with Crippen LogP contribution in [0.3, 0.4) is 0 Å². The first kappa shape index (κ1) is 22.4. The van der Waals surface area contributed by atoms with Gasteiger partial charge in [-0.25, -0.2) is 9.59 Å². The van der Waals surface area contributed by atoms with Gasteiger partial charge in [0.25, 0.3) is 5.91 Å². The Morgan fingerprint density at radius 3 is 2.68 bits per heavy atom. The molecule has 1 fully saturated rings. The Kier molecular flexibility index (Phi) is 7.30. The molecule has 162 valence electrons. The van der Waals surface area contributed by atoms with Gasteiger partial charge in [-0.05, 0) is 12.5 Å². The van der Waals surface area contributed by atoms with Crippen LogP contribution in [0.2, 0.25) is 0 Å². The normalized spacial score (nSPS) is 20.5. The zero-order chi connectivity index (χ0) is 22.4. The summed E-state index contributed by atoms with van der Waals surface area (Å²) in [5.74, 6) is -2.41. The molecule has 2 heterocycles. The van der Waals surface area contributed by atoms with Crippen molar-refractivity contribution in [2.45, 2.75) is 24.8 Å². The SMILES string of the molecule is C/C=C/C=C/C(=O)OCC1=C(C(=O)O)N2C(=O)[C@@H](NC(=O)Cc3ccccc3)[C@H]2SC1. The minimum absolute atomic E-state index is 0.131. The minimum atomic E-state index is -1.27. The lowest BCUT2D eigenvalue weighted by Crippen LogP contribution is -2.70. The molecule has 9 heteroatoms. The van der Waals surface area contributed by atoms with Gasteiger partial charge in [-0.15, -0.1) is 11.8 Å². The Balaban J connectivity index is 1.64. The van der Waals surface area contributed by atoms with Crippen LogP contribution >= 0.6 is 11.8 Å². The van der Waals surface area contributed by atoms with Crippen LogP contribution in [0.1, 0.15) is 12.5 Å². The molecule has 0 unspecified atom stereocenters. The second kappa shape index (κ2) is 10.1. The van der Waals surface area contributed by atoms with E-state index in [4.69, 9.17) is 4.74 Å². The molecule has 2 aliphatic heterocycles. The molecule has 1 saturated heterocycles. The van der Waals surface area contributed by atoms with Gasteiger partial charge in [-0.1, -0.05) is 48.6 Å². The van der Waals surface area contributed by atoms with Crippen LogP contribution in [0.25, 0.3) is 0 Å². The number of carboxylic acid groups (broad SMARTS) is 1. The van der Waals surface area contributed by atoms with E-state index in [1.807, 2.05) is 30.3 Å². The predicted molar refractivity (Wildman–Crippen MR) is 115 cm³/mol. The summed E-state index contributed by atoms with van der Waals surface area (Å²) < 4.78 is 5.11. The third-order valence-electron chi connectivity index (χ3n) is 4.70. The van der Waals surface area contributed by atoms with Crippen LogP contribution < -0.4 is 5.32 Å². The molecular weight excluding hydrogens is 420 g/mol. The molecule has 2 N–H and O–H groups in total. The van der Waals surface area contributed by atoms with Gasteiger partial charge in [0, 0.05) is 17.4 Å². The lowest BCUT2D eigenvalue weighted by atomic mass is 10.0. The number of nitrogens with zero attached hydrogens (tertiary/aromatic N) is 1. The molecule has 0 saturated carbocycles. The molecule has 2 amide bonds. The number of carbonyl (C=O) groups is 4. The summed E-state index contributed by atoms with van der Waals surface area (Å²) in [6, 6.07) is 8.34. The summed E-state index contributed by atoms with van der Waals surface area (Å²) in [6.07, 6.45) is 6.28. The second-order valence-electron chi connectivity index (χ2n) is 6.87. The number of allylic oxidation sites excluding steroid dienone is 3. The van der Waals surface area contributed by atoms with E-state index in [9.17, 15) is 24.3 Å². The van der Waals surface area contributed by atoms with Crippen LogP contribution in [0.4, 0.5) is 0 Å². The van der Waals surface area contributed by atoms with Gasteiger partial charge in [-0.3, -0.25) is 14.5 Å². The van der Waals surface area contributed by atoms with Crippen LogP contribution in [0.5, 0.6) is 0 Å². The van der Waals surface area contributed by atoms with Gasteiger partial charge in [0.15, 0.2) is 0 Å². The summed E-state index contributed by atoms with van der Waals surface area (Å²) in [5.41, 5.74) is 0.968. The zero-order valence-corrected chi connectivity index (χ0v) is 17.6. The predicted octanol–water partition coefficient (Wildman–Crippen LogP) is 1.64. The first-order chi connectivity index (χ1) is 14.9. The van der Waals surface area contributed by atoms with Crippen molar-refractivity contribution < 1.29 is 29.0 Å². The lowest BCUT2D eigenvalue weighted by Gasteiger charge is -2.49. The number of rotatable bonds is 8. The standard InChI is InChI=1S/C22H22N2O6S/c1-2-3-5-10-17(26)30-12-15-13-31-21-18(20(27)24(21)19(15)22(28)29)23-16(25)11-14-8-6-4-7-9-14/h2-10,18,21H,11-13H2,1H3,(H,23,25)(H,28,29)/b3-2+,10-5+/t18-,21-/m1/s1. The summed E-state index contributed by atoms with van der Waals surface area (Å²) in [4.78, 5) is 49.6. The molecule has 1 aromatic rings. The number of thioether (sulfide) groups is 1. The fraction of sp³-hybridized carbons (Fsp3) is 0.273. The summed E-state index contributed by atoms with van der Waals surface area (Å²) in [7, 11) is 0. The van der Waals surface area contributed by atoms with Crippen molar-refractivity contribution in [3.05, 3.63) is 71.5 Å². The van der Waals surface area contributed by atoms with E-state index in [-0.39, 0.29) is 30.4 Å². The van der Waals surface area contributed by atoms with Crippen LogP contribution in [0.15, 0.2) is 65.9 Å². The Morgan fingerprint density at radius 2 is 2.00 bits per heavy atom. The Hall–Kier alpha value is -3.33. The van der Waals surface area contributed by atoms with E-state index in [2.05, 4.69) is 5.32 Å². The molecule has 1 aromatic carbocycles. The van der Waals surface area contributed by atoms with E-state index < -0.39 is 29.3 Å².